The van der Waals surface area contributed by atoms with Crippen molar-refractivity contribution in [1.82, 2.24) is 14.8 Å². The number of halogens is 1. The lowest BCUT2D eigenvalue weighted by atomic mass is 9.92. The van der Waals surface area contributed by atoms with Gasteiger partial charge in [0.25, 0.3) is 0 Å². The molecule has 1 aromatic heterocycles. The Morgan fingerprint density at radius 3 is 2.46 bits per heavy atom. The van der Waals surface area contributed by atoms with Crippen molar-refractivity contribution in [3.63, 3.8) is 0 Å². The van der Waals surface area contributed by atoms with Crippen molar-refractivity contribution in [2.24, 2.45) is 0 Å². The molecule has 4 nitrogen and oxygen atoms in total. The van der Waals surface area contributed by atoms with Gasteiger partial charge in [-0.2, -0.15) is 0 Å². The summed E-state index contributed by atoms with van der Waals surface area (Å²) < 4.78 is 0. The molecule has 0 radical (unpaired) electrons. The third kappa shape index (κ3) is 4.13. The first-order valence-electron chi connectivity index (χ1n) is 8.26. The number of aromatic nitrogens is 1. The van der Waals surface area contributed by atoms with Crippen LogP contribution in [0.4, 0.5) is 0 Å². The van der Waals surface area contributed by atoms with Gasteiger partial charge in [-0.15, -0.1) is 0 Å². The lowest BCUT2D eigenvalue weighted by Crippen LogP contribution is -2.48. The molecule has 3 rings (SSSR count). The Bertz CT molecular complexity index is 667. The van der Waals surface area contributed by atoms with E-state index in [9.17, 15) is 4.79 Å². The van der Waals surface area contributed by atoms with Crippen LogP contribution in [0.5, 0.6) is 0 Å². The van der Waals surface area contributed by atoms with E-state index >= 15 is 0 Å². The van der Waals surface area contributed by atoms with E-state index < -0.39 is 0 Å². The Hall–Kier alpha value is -1.91. The number of nitrogens with zero attached hydrogens (tertiary/aromatic N) is 3. The summed E-state index contributed by atoms with van der Waals surface area (Å²) in [6.07, 6.45) is 2.38. The number of piperazine rings is 1. The summed E-state index contributed by atoms with van der Waals surface area (Å²) in [5.41, 5.74) is 1.92. The fourth-order valence-corrected chi connectivity index (χ4v) is 3.14. The van der Waals surface area contributed by atoms with Gasteiger partial charge < -0.3 is 9.80 Å². The van der Waals surface area contributed by atoms with Crippen molar-refractivity contribution in [3.05, 3.63) is 64.9 Å². The Labute approximate surface area is 148 Å². The van der Waals surface area contributed by atoms with Crippen LogP contribution in [-0.2, 0) is 11.2 Å². The zero-order valence-electron chi connectivity index (χ0n) is 13.9. The maximum atomic E-state index is 13.1. The molecule has 0 saturated carbocycles. The molecular weight excluding hydrogens is 322 g/mol. The Morgan fingerprint density at radius 1 is 1.12 bits per heavy atom. The van der Waals surface area contributed by atoms with Crippen molar-refractivity contribution in [2.45, 2.75) is 12.3 Å². The molecule has 1 aliphatic rings. The number of likely N-dealkylation sites (N-methyl/N-ethyl adjacent to an activating group) is 1. The molecule has 0 N–H and O–H groups in total. The van der Waals surface area contributed by atoms with E-state index in [1.807, 2.05) is 47.4 Å². The standard InChI is InChI=1S/C19H22ClN3O/c1-22-10-12-23(13-11-22)19(24)18(14-17-4-2-3-9-21-17)15-5-7-16(20)8-6-15/h2-9,18H,10-14H2,1H3. The highest BCUT2D eigenvalue weighted by molar-refractivity contribution is 6.30. The van der Waals surface area contributed by atoms with E-state index in [0.717, 1.165) is 37.4 Å². The van der Waals surface area contributed by atoms with Gasteiger partial charge in [0.15, 0.2) is 0 Å². The first kappa shape index (κ1) is 16.9. The van der Waals surface area contributed by atoms with Crippen LogP contribution in [0.1, 0.15) is 17.2 Å². The topological polar surface area (TPSA) is 36.4 Å². The maximum absolute atomic E-state index is 13.1. The monoisotopic (exact) mass is 343 g/mol. The lowest BCUT2D eigenvalue weighted by molar-refractivity contribution is -0.134. The summed E-state index contributed by atoms with van der Waals surface area (Å²) in [4.78, 5) is 21.8. The molecule has 1 aliphatic heterocycles. The summed E-state index contributed by atoms with van der Waals surface area (Å²) in [6.45, 7) is 3.40. The minimum atomic E-state index is -0.222. The van der Waals surface area contributed by atoms with Crippen LogP contribution in [0.2, 0.25) is 5.02 Å². The third-order valence-electron chi connectivity index (χ3n) is 4.52. The fourth-order valence-electron chi connectivity index (χ4n) is 3.02. The average Bonchev–Trinajstić information content (AvgIpc) is 2.62. The predicted molar refractivity (Wildman–Crippen MR) is 96.2 cm³/mol. The minimum absolute atomic E-state index is 0.177. The van der Waals surface area contributed by atoms with Gasteiger partial charge in [-0.05, 0) is 36.9 Å². The predicted octanol–water partition coefficient (Wildman–Crippen LogP) is 2.84. The van der Waals surface area contributed by atoms with Crippen molar-refractivity contribution in [1.29, 1.82) is 0 Å². The number of carbonyl (C=O) groups excluding carboxylic acids is 1. The van der Waals surface area contributed by atoms with Crippen LogP contribution in [0.25, 0.3) is 0 Å². The molecule has 0 bridgehead atoms. The largest absolute Gasteiger partial charge is 0.340 e. The summed E-state index contributed by atoms with van der Waals surface area (Å²) in [6, 6.07) is 13.4. The zero-order chi connectivity index (χ0) is 16.9. The molecule has 1 aromatic carbocycles. The van der Waals surface area contributed by atoms with Crippen LogP contribution in [-0.4, -0.2) is 53.9 Å². The molecule has 2 heterocycles. The van der Waals surface area contributed by atoms with Gasteiger partial charge >= 0.3 is 0 Å². The van der Waals surface area contributed by atoms with Crippen LogP contribution in [0.3, 0.4) is 0 Å². The van der Waals surface area contributed by atoms with Gasteiger partial charge in [0.05, 0.1) is 5.92 Å². The molecular formula is C19H22ClN3O. The molecule has 1 fully saturated rings. The Balaban J connectivity index is 1.83. The molecule has 126 valence electrons. The summed E-state index contributed by atoms with van der Waals surface area (Å²) in [5.74, 6) is -0.0448. The highest BCUT2D eigenvalue weighted by Crippen LogP contribution is 2.25. The number of benzene rings is 1. The van der Waals surface area contributed by atoms with Crippen molar-refractivity contribution < 1.29 is 4.79 Å². The second kappa shape index (κ2) is 7.77. The molecule has 0 aliphatic carbocycles. The van der Waals surface area contributed by atoms with Crippen LogP contribution < -0.4 is 0 Å². The highest BCUT2D eigenvalue weighted by atomic mass is 35.5. The highest BCUT2D eigenvalue weighted by Gasteiger charge is 2.28. The number of pyridine rings is 1. The smallest absolute Gasteiger partial charge is 0.230 e. The Morgan fingerprint density at radius 2 is 1.83 bits per heavy atom. The first-order chi connectivity index (χ1) is 11.6. The van der Waals surface area contributed by atoms with Crippen LogP contribution >= 0.6 is 11.6 Å². The summed E-state index contributed by atoms with van der Waals surface area (Å²) >= 11 is 6.01. The van der Waals surface area contributed by atoms with Crippen LogP contribution in [0.15, 0.2) is 48.7 Å². The molecule has 5 heteroatoms. The molecule has 1 amide bonds. The van der Waals surface area contributed by atoms with Crippen LogP contribution in [0, 0.1) is 0 Å². The lowest BCUT2D eigenvalue weighted by Gasteiger charge is -2.34. The number of hydrogen-bond donors (Lipinski definition) is 0. The summed E-state index contributed by atoms with van der Waals surface area (Å²) in [7, 11) is 2.09. The summed E-state index contributed by atoms with van der Waals surface area (Å²) in [5, 5.41) is 0.683. The number of amides is 1. The second-order valence-electron chi connectivity index (χ2n) is 6.26. The van der Waals surface area contributed by atoms with Gasteiger partial charge in [0.2, 0.25) is 5.91 Å². The van der Waals surface area contributed by atoms with Crippen molar-refractivity contribution in [2.75, 3.05) is 33.2 Å². The van der Waals surface area contributed by atoms with Gasteiger partial charge in [0, 0.05) is 49.5 Å². The molecule has 1 saturated heterocycles. The van der Waals surface area contributed by atoms with E-state index in [-0.39, 0.29) is 11.8 Å². The molecule has 0 spiro atoms. The zero-order valence-corrected chi connectivity index (χ0v) is 14.6. The quantitative estimate of drug-likeness (QED) is 0.856. The SMILES string of the molecule is CN1CCN(C(=O)C(Cc2ccccn2)c2ccc(Cl)cc2)CC1. The Kier molecular flexibility index (Phi) is 5.48. The van der Waals surface area contributed by atoms with E-state index in [4.69, 9.17) is 11.6 Å². The van der Waals surface area contributed by atoms with Crippen molar-refractivity contribution >= 4 is 17.5 Å². The van der Waals surface area contributed by atoms with Gasteiger partial charge in [-0.25, -0.2) is 0 Å². The minimum Gasteiger partial charge on any atom is -0.340 e. The number of carbonyl (C=O) groups is 1. The van der Waals surface area contributed by atoms with Gasteiger partial charge in [-0.1, -0.05) is 29.8 Å². The second-order valence-corrected chi connectivity index (χ2v) is 6.69. The normalized spacial score (nSPS) is 16.8. The van der Waals surface area contributed by atoms with E-state index in [1.54, 1.807) is 6.20 Å². The van der Waals surface area contributed by atoms with E-state index in [0.29, 0.717) is 11.4 Å². The van der Waals surface area contributed by atoms with Crippen molar-refractivity contribution in [3.8, 4) is 0 Å². The average molecular weight is 344 g/mol. The van der Waals surface area contributed by atoms with Gasteiger partial charge in [0.1, 0.15) is 0 Å². The molecule has 2 aromatic rings. The fraction of sp³-hybridized carbons (Fsp3) is 0.368. The number of hydrogen-bond acceptors (Lipinski definition) is 3. The number of rotatable bonds is 4. The molecule has 24 heavy (non-hydrogen) atoms. The van der Waals surface area contributed by atoms with Gasteiger partial charge in [-0.3, -0.25) is 9.78 Å². The maximum Gasteiger partial charge on any atom is 0.230 e. The molecule has 1 unspecified atom stereocenters. The van der Waals surface area contributed by atoms with E-state index in [2.05, 4.69) is 16.9 Å². The third-order valence-corrected chi connectivity index (χ3v) is 4.78. The molecule has 1 atom stereocenters. The van der Waals surface area contributed by atoms with E-state index in [1.165, 1.54) is 0 Å². The first-order valence-corrected chi connectivity index (χ1v) is 8.64.